The molecule has 0 aromatic rings. The molecule has 2 fully saturated rings. The Morgan fingerprint density at radius 3 is 2.47 bits per heavy atom. The number of amides is 1. The van der Waals surface area contributed by atoms with Gasteiger partial charge in [0.05, 0.1) is 6.61 Å². The van der Waals surface area contributed by atoms with Crippen LogP contribution in [-0.4, -0.2) is 60.5 Å². The molecule has 0 saturated carbocycles. The third kappa shape index (κ3) is 2.12. The van der Waals surface area contributed by atoms with Gasteiger partial charge in [-0.2, -0.15) is 0 Å². The Bertz CT molecular complexity index is 272. The molecule has 1 unspecified atom stereocenters. The minimum Gasteiger partial charge on any atom is -0.464 e. The van der Waals surface area contributed by atoms with Crippen LogP contribution in [0.25, 0.3) is 0 Å². The summed E-state index contributed by atoms with van der Waals surface area (Å²) in [7, 11) is 0. The fraction of sp³-hybridized carbons (Fsp3) is 0.800. The average Bonchev–Trinajstić information content (AvgIpc) is 2.65. The zero-order valence-electron chi connectivity index (χ0n) is 8.94. The van der Waals surface area contributed by atoms with Crippen molar-refractivity contribution in [3.8, 4) is 0 Å². The summed E-state index contributed by atoms with van der Waals surface area (Å²) in [5.41, 5.74) is 0. The predicted molar refractivity (Wildman–Crippen MR) is 53.2 cm³/mol. The van der Waals surface area contributed by atoms with Gasteiger partial charge in [0.15, 0.2) is 0 Å². The van der Waals surface area contributed by atoms with Gasteiger partial charge in [-0.05, 0) is 0 Å². The second-order valence-electron chi connectivity index (χ2n) is 4.01. The summed E-state index contributed by atoms with van der Waals surface area (Å²) in [5, 5.41) is 0. The maximum Gasteiger partial charge on any atom is 0.323 e. The highest BCUT2D eigenvalue weighted by atomic mass is 16.5. The zero-order valence-corrected chi connectivity index (χ0v) is 8.94. The van der Waals surface area contributed by atoms with Gasteiger partial charge in [-0.1, -0.05) is 0 Å². The number of hydrogen-bond acceptors (Lipinski definition) is 4. The van der Waals surface area contributed by atoms with E-state index in [0.29, 0.717) is 6.61 Å². The van der Waals surface area contributed by atoms with E-state index < -0.39 is 0 Å². The van der Waals surface area contributed by atoms with Crippen molar-refractivity contribution < 1.29 is 14.3 Å². The summed E-state index contributed by atoms with van der Waals surface area (Å²) < 4.78 is 4.93. The van der Waals surface area contributed by atoms with Crippen LogP contribution in [0.2, 0.25) is 0 Å². The molecule has 15 heavy (non-hydrogen) atoms. The van der Waals surface area contributed by atoms with Crippen LogP contribution in [-0.2, 0) is 14.3 Å². The van der Waals surface area contributed by atoms with Crippen LogP contribution >= 0.6 is 0 Å². The monoisotopic (exact) mass is 212 g/mol. The molecule has 2 aliphatic heterocycles. The Labute approximate surface area is 89.0 Å². The molecule has 0 N–H and O–H groups in total. The number of carbonyl (C=O) groups excluding carboxylic acids is 2. The molecule has 2 saturated heterocycles. The van der Waals surface area contributed by atoms with Crippen LogP contribution in [0, 0.1) is 0 Å². The number of carbonyl (C=O) groups is 2. The molecule has 1 atom stereocenters. The van der Waals surface area contributed by atoms with E-state index in [2.05, 4.69) is 4.90 Å². The summed E-state index contributed by atoms with van der Waals surface area (Å²) in [6.07, 6.45) is 0.791. The standard InChI is InChI=1S/C10H16N2O3/c1-8(13)11-3-5-12(6-4-11)9-2-7-15-10(9)14/h9H,2-7H2,1H3. The Balaban J connectivity index is 1.87. The molecule has 1 amide bonds. The molecule has 0 radical (unpaired) electrons. The number of esters is 1. The summed E-state index contributed by atoms with van der Waals surface area (Å²) in [6, 6.07) is -0.0703. The minimum absolute atomic E-state index is 0.0703. The van der Waals surface area contributed by atoms with Gasteiger partial charge in [-0.3, -0.25) is 14.5 Å². The molecule has 0 spiro atoms. The highest BCUT2D eigenvalue weighted by Crippen LogP contribution is 2.16. The summed E-state index contributed by atoms with van der Waals surface area (Å²) >= 11 is 0. The van der Waals surface area contributed by atoms with E-state index in [4.69, 9.17) is 4.74 Å². The smallest absolute Gasteiger partial charge is 0.323 e. The zero-order chi connectivity index (χ0) is 10.8. The summed E-state index contributed by atoms with van der Waals surface area (Å²) in [6.45, 7) is 5.12. The molecule has 0 bridgehead atoms. The second kappa shape index (κ2) is 4.18. The molecule has 2 heterocycles. The first-order chi connectivity index (χ1) is 7.18. The molecule has 84 valence electrons. The van der Waals surface area contributed by atoms with Crippen LogP contribution in [0.15, 0.2) is 0 Å². The number of ether oxygens (including phenoxy) is 1. The van der Waals surface area contributed by atoms with E-state index in [1.807, 2.05) is 4.90 Å². The van der Waals surface area contributed by atoms with Gasteiger partial charge in [-0.25, -0.2) is 0 Å². The van der Waals surface area contributed by atoms with Crippen LogP contribution < -0.4 is 0 Å². The van der Waals surface area contributed by atoms with Crippen LogP contribution in [0.5, 0.6) is 0 Å². The minimum atomic E-state index is -0.105. The Morgan fingerprint density at radius 2 is 2.00 bits per heavy atom. The Hall–Kier alpha value is -1.10. The first-order valence-corrected chi connectivity index (χ1v) is 5.34. The van der Waals surface area contributed by atoms with E-state index in [1.165, 1.54) is 0 Å². The Kier molecular flexibility index (Phi) is 2.90. The van der Waals surface area contributed by atoms with Gasteiger partial charge < -0.3 is 9.64 Å². The lowest BCUT2D eigenvalue weighted by atomic mass is 10.2. The van der Waals surface area contributed by atoms with Crippen molar-refractivity contribution in [3.63, 3.8) is 0 Å². The van der Waals surface area contributed by atoms with Gasteiger partial charge in [-0.15, -0.1) is 0 Å². The quantitative estimate of drug-likeness (QED) is 0.548. The lowest BCUT2D eigenvalue weighted by Gasteiger charge is -2.36. The van der Waals surface area contributed by atoms with Crippen LogP contribution in [0.3, 0.4) is 0 Å². The number of rotatable bonds is 1. The first-order valence-electron chi connectivity index (χ1n) is 5.34. The number of nitrogens with zero attached hydrogens (tertiary/aromatic N) is 2. The van der Waals surface area contributed by atoms with Crippen molar-refractivity contribution in [1.29, 1.82) is 0 Å². The number of hydrogen-bond donors (Lipinski definition) is 0. The van der Waals surface area contributed by atoms with E-state index in [-0.39, 0.29) is 17.9 Å². The van der Waals surface area contributed by atoms with Crippen molar-refractivity contribution in [2.45, 2.75) is 19.4 Å². The van der Waals surface area contributed by atoms with Gasteiger partial charge in [0.25, 0.3) is 0 Å². The fourth-order valence-corrected chi connectivity index (χ4v) is 2.17. The average molecular weight is 212 g/mol. The van der Waals surface area contributed by atoms with Crippen molar-refractivity contribution in [3.05, 3.63) is 0 Å². The molecule has 2 aliphatic rings. The summed E-state index contributed by atoms with van der Waals surface area (Å²) in [5.74, 6) is 0.00919. The first kappa shape index (κ1) is 10.4. The molecular formula is C10H16N2O3. The molecule has 0 aromatic heterocycles. The molecule has 0 aromatic carbocycles. The number of piperazine rings is 1. The molecule has 5 heteroatoms. The second-order valence-corrected chi connectivity index (χ2v) is 4.01. The van der Waals surface area contributed by atoms with Gasteiger partial charge in [0.2, 0.25) is 5.91 Å². The highest BCUT2D eigenvalue weighted by Gasteiger charge is 2.34. The number of cyclic esters (lactones) is 1. The maximum absolute atomic E-state index is 11.3. The van der Waals surface area contributed by atoms with Crippen molar-refractivity contribution in [2.75, 3.05) is 32.8 Å². The largest absolute Gasteiger partial charge is 0.464 e. The fourth-order valence-electron chi connectivity index (χ4n) is 2.17. The van der Waals surface area contributed by atoms with E-state index in [1.54, 1.807) is 6.92 Å². The van der Waals surface area contributed by atoms with Gasteiger partial charge in [0, 0.05) is 39.5 Å². The van der Waals surface area contributed by atoms with Crippen molar-refractivity contribution in [2.24, 2.45) is 0 Å². The van der Waals surface area contributed by atoms with Gasteiger partial charge >= 0.3 is 5.97 Å². The highest BCUT2D eigenvalue weighted by molar-refractivity contribution is 5.77. The molecule has 0 aliphatic carbocycles. The molecule has 2 rings (SSSR count). The lowest BCUT2D eigenvalue weighted by Crippen LogP contribution is -2.52. The van der Waals surface area contributed by atoms with Gasteiger partial charge in [0.1, 0.15) is 6.04 Å². The topological polar surface area (TPSA) is 49.9 Å². The van der Waals surface area contributed by atoms with E-state index in [9.17, 15) is 9.59 Å². The summed E-state index contributed by atoms with van der Waals surface area (Å²) in [4.78, 5) is 26.4. The normalized spacial score (nSPS) is 27.9. The third-order valence-corrected chi connectivity index (χ3v) is 3.11. The van der Waals surface area contributed by atoms with Crippen LogP contribution in [0.4, 0.5) is 0 Å². The SMILES string of the molecule is CC(=O)N1CCN(C2CCOC2=O)CC1. The van der Waals surface area contributed by atoms with Crippen LogP contribution in [0.1, 0.15) is 13.3 Å². The van der Waals surface area contributed by atoms with E-state index in [0.717, 1.165) is 32.6 Å². The lowest BCUT2D eigenvalue weighted by molar-refractivity contribution is -0.143. The maximum atomic E-state index is 11.3. The molecular weight excluding hydrogens is 196 g/mol. The molecule has 5 nitrogen and oxygen atoms in total. The van der Waals surface area contributed by atoms with Crippen molar-refractivity contribution >= 4 is 11.9 Å². The Morgan fingerprint density at radius 1 is 1.33 bits per heavy atom. The van der Waals surface area contributed by atoms with E-state index >= 15 is 0 Å². The van der Waals surface area contributed by atoms with Crippen molar-refractivity contribution in [1.82, 2.24) is 9.80 Å². The predicted octanol–water partition coefficient (Wildman–Crippen LogP) is -0.534. The third-order valence-electron chi connectivity index (χ3n) is 3.11.